The minimum Gasteiger partial charge on any atom is -0.493 e. The molecule has 0 bridgehead atoms. The zero-order valence-corrected chi connectivity index (χ0v) is 12.0. The summed E-state index contributed by atoms with van der Waals surface area (Å²) in [4.78, 5) is 11.0. The van der Waals surface area contributed by atoms with Gasteiger partial charge in [0.2, 0.25) is 0 Å². The first kappa shape index (κ1) is 14.7. The van der Waals surface area contributed by atoms with Gasteiger partial charge in [0.05, 0.1) is 24.4 Å². The van der Waals surface area contributed by atoms with Crippen LogP contribution in [-0.2, 0) is 4.74 Å². The lowest BCUT2D eigenvalue weighted by Gasteiger charge is -2.20. The highest BCUT2D eigenvalue weighted by Crippen LogP contribution is 2.32. The lowest BCUT2D eigenvalue weighted by Crippen LogP contribution is -2.24. The standard InChI is InChI=1S/C15H20O5/c1-15(2)7-6-11(20-15)9-19-13-8-10(14(16)17)4-5-12(13)18-3/h4-5,8,11H,6-7,9H2,1-3H3,(H,16,17). The number of hydrogen-bond acceptors (Lipinski definition) is 4. The van der Waals surface area contributed by atoms with Gasteiger partial charge in [-0.3, -0.25) is 0 Å². The Morgan fingerprint density at radius 3 is 2.75 bits per heavy atom. The van der Waals surface area contributed by atoms with Crippen molar-refractivity contribution in [3.63, 3.8) is 0 Å². The van der Waals surface area contributed by atoms with Crippen LogP contribution in [0.25, 0.3) is 0 Å². The molecule has 0 amide bonds. The highest BCUT2D eigenvalue weighted by Gasteiger charge is 2.32. The predicted octanol–water partition coefficient (Wildman–Crippen LogP) is 2.73. The Kier molecular flexibility index (Phi) is 4.18. The number of benzene rings is 1. The normalized spacial score (nSPS) is 20.6. The Bertz CT molecular complexity index is 495. The second kappa shape index (κ2) is 5.71. The van der Waals surface area contributed by atoms with Crippen molar-refractivity contribution in [3.8, 4) is 11.5 Å². The number of methoxy groups -OCH3 is 1. The molecule has 5 nitrogen and oxygen atoms in total. The van der Waals surface area contributed by atoms with Gasteiger partial charge in [0.15, 0.2) is 11.5 Å². The van der Waals surface area contributed by atoms with Gasteiger partial charge in [-0.25, -0.2) is 4.79 Å². The van der Waals surface area contributed by atoms with Gasteiger partial charge in [-0.1, -0.05) is 0 Å². The first-order valence-electron chi connectivity index (χ1n) is 6.63. The van der Waals surface area contributed by atoms with E-state index < -0.39 is 5.97 Å². The maximum atomic E-state index is 11.0. The fourth-order valence-corrected chi connectivity index (χ4v) is 2.30. The molecule has 20 heavy (non-hydrogen) atoms. The molecule has 1 fully saturated rings. The molecule has 2 rings (SSSR count). The molecule has 1 saturated heterocycles. The number of carbonyl (C=O) groups is 1. The molecule has 1 N–H and O–H groups in total. The van der Waals surface area contributed by atoms with E-state index in [-0.39, 0.29) is 17.3 Å². The van der Waals surface area contributed by atoms with E-state index in [1.807, 2.05) is 0 Å². The third kappa shape index (κ3) is 3.42. The van der Waals surface area contributed by atoms with Gasteiger partial charge < -0.3 is 19.3 Å². The Hall–Kier alpha value is -1.75. The molecule has 0 radical (unpaired) electrons. The van der Waals surface area contributed by atoms with Crippen molar-refractivity contribution in [1.82, 2.24) is 0 Å². The monoisotopic (exact) mass is 280 g/mol. The maximum Gasteiger partial charge on any atom is 0.335 e. The SMILES string of the molecule is COc1ccc(C(=O)O)cc1OCC1CCC(C)(C)O1. The van der Waals surface area contributed by atoms with E-state index in [1.165, 1.54) is 19.2 Å². The van der Waals surface area contributed by atoms with Crippen LogP contribution in [0.1, 0.15) is 37.0 Å². The lowest BCUT2D eigenvalue weighted by atomic mass is 10.1. The Morgan fingerprint density at radius 1 is 1.45 bits per heavy atom. The Morgan fingerprint density at radius 2 is 2.20 bits per heavy atom. The Labute approximate surface area is 118 Å². The molecule has 1 atom stereocenters. The second-order valence-corrected chi connectivity index (χ2v) is 5.52. The molecule has 1 aliphatic heterocycles. The summed E-state index contributed by atoms with van der Waals surface area (Å²) in [6.07, 6.45) is 1.96. The summed E-state index contributed by atoms with van der Waals surface area (Å²) in [5.41, 5.74) is 0.0644. The van der Waals surface area contributed by atoms with Crippen LogP contribution in [0.15, 0.2) is 18.2 Å². The van der Waals surface area contributed by atoms with Crippen LogP contribution >= 0.6 is 0 Å². The van der Waals surface area contributed by atoms with Crippen molar-refractivity contribution < 1.29 is 24.1 Å². The van der Waals surface area contributed by atoms with Gasteiger partial charge in [0.25, 0.3) is 0 Å². The van der Waals surface area contributed by atoms with Crippen molar-refractivity contribution in [1.29, 1.82) is 0 Å². The quantitative estimate of drug-likeness (QED) is 0.898. The molecule has 110 valence electrons. The molecular formula is C15H20O5. The third-order valence-electron chi connectivity index (χ3n) is 3.39. The van der Waals surface area contributed by atoms with E-state index in [0.717, 1.165) is 12.8 Å². The van der Waals surface area contributed by atoms with E-state index in [0.29, 0.717) is 18.1 Å². The fourth-order valence-electron chi connectivity index (χ4n) is 2.30. The van der Waals surface area contributed by atoms with Gasteiger partial charge in [-0.05, 0) is 44.9 Å². The number of rotatable bonds is 5. The number of carboxylic acids is 1. The van der Waals surface area contributed by atoms with Crippen LogP contribution in [0.4, 0.5) is 0 Å². The van der Waals surface area contributed by atoms with Crippen molar-refractivity contribution >= 4 is 5.97 Å². The summed E-state index contributed by atoms with van der Waals surface area (Å²) in [5.74, 6) is -0.0382. The van der Waals surface area contributed by atoms with Crippen LogP contribution in [0.2, 0.25) is 0 Å². The van der Waals surface area contributed by atoms with Crippen molar-refractivity contribution in [2.45, 2.75) is 38.4 Å². The summed E-state index contributed by atoms with van der Waals surface area (Å²) >= 11 is 0. The molecular weight excluding hydrogens is 260 g/mol. The van der Waals surface area contributed by atoms with Crippen LogP contribution in [0.5, 0.6) is 11.5 Å². The molecule has 0 aliphatic carbocycles. The third-order valence-corrected chi connectivity index (χ3v) is 3.39. The molecule has 0 aromatic heterocycles. The summed E-state index contributed by atoms with van der Waals surface area (Å²) in [6, 6.07) is 4.56. The molecule has 0 saturated carbocycles. The lowest BCUT2D eigenvalue weighted by molar-refractivity contribution is -0.0329. The minimum atomic E-state index is -0.990. The molecule has 1 heterocycles. The topological polar surface area (TPSA) is 65.0 Å². The van der Waals surface area contributed by atoms with Gasteiger partial charge in [0, 0.05) is 0 Å². The van der Waals surface area contributed by atoms with E-state index in [2.05, 4.69) is 13.8 Å². The van der Waals surface area contributed by atoms with Crippen LogP contribution in [0, 0.1) is 0 Å². The second-order valence-electron chi connectivity index (χ2n) is 5.52. The molecule has 5 heteroatoms. The van der Waals surface area contributed by atoms with Crippen LogP contribution in [-0.4, -0.2) is 36.5 Å². The smallest absolute Gasteiger partial charge is 0.335 e. The molecule has 1 aromatic rings. The van der Waals surface area contributed by atoms with E-state index >= 15 is 0 Å². The van der Waals surface area contributed by atoms with Crippen LogP contribution in [0.3, 0.4) is 0 Å². The molecule has 1 aromatic carbocycles. The molecule has 1 unspecified atom stereocenters. The summed E-state index contributed by atoms with van der Waals surface area (Å²) < 4.78 is 16.7. The maximum absolute atomic E-state index is 11.0. The number of carboxylic acid groups (broad SMARTS) is 1. The van der Waals surface area contributed by atoms with Gasteiger partial charge in [-0.15, -0.1) is 0 Å². The fraction of sp³-hybridized carbons (Fsp3) is 0.533. The number of ether oxygens (including phenoxy) is 3. The van der Waals surface area contributed by atoms with E-state index in [4.69, 9.17) is 19.3 Å². The zero-order chi connectivity index (χ0) is 14.8. The largest absolute Gasteiger partial charge is 0.493 e. The Balaban J connectivity index is 2.04. The number of aromatic carboxylic acids is 1. The first-order valence-corrected chi connectivity index (χ1v) is 6.63. The molecule has 1 aliphatic rings. The molecule has 0 spiro atoms. The van der Waals surface area contributed by atoms with Crippen molar-refractivity contribution in [2.24, 2.45) is 0 Å². The number of hydrogen-bond donors (Lipinski definition) is 1. The summed E-state index contributed by atoms with van der Waals surface area (Å²) in [6.45, 7) is 4.50. The predicted molar refractivity (Wildman–Crippen MR) is 73.6 cm³/mol. The van der Waals surface area contributed by atoms with Gasteiger partial charge in [-0.2, -0.15) is 0 Å². The van der Waals surface area contributed by atoms with Gasteiger partial charge >= 0.3 is 5.97 Å². The van der Waals surface area contributed by atoms with Crippen molar-refractivity contribution in [3.05, 3.63) is 23.8 Å². The summed E-state index contributed by atoms with van der Waals surface area (Å²) in [5, 5.41) is 9.00. The first-order chi connectivity index (χ1) is 9.41. The average Bonchev–Trinajstić information content (AvgIpc) is 2.75. The van der Waals surface area contributed by atoms with E-state index in [9.17, 15) is 4.79 Å². The highest BCUT2D eigenvalue weighted by molar-refractivity contribution is 5.88. The van der Waals surface area contributed by atoms with Gasteiger partial charge in [0.1, 0.15) is 6.61 Å². The summed E-state index contributed by atoms with van der Waals surface area (Å²) in [7, 11) is 1.53. The van der Waals surface area contributed by atoms with Crippen molar-refractivity contribution in [2.75, 3.05) is 13.7 Å². The average molecular weight is 280 g/mol. The van der Waals surface area contributed by atoms with E-state index in [1.54, 1.807) is 6.07 Å². The van der Waals surface area contributed by atoms with Crippen LogP contribution < -0.4 is 9.47 Å². The highest BCUT2D eigenvalue weighted by atomic mass is 16.6. The minimum absolute atomic E-state index is 0.0307. The zero-order valence-electron chi connectivity index (χ0n) is 12.0.